The van der Waals surface area contributed by atoms with Gasteiger partial charge >= 0.3 is 0 Å². The molecule has 0 saturated carbocycles. The number of aromatic nitrogens is 3. The molecule has 3 heterocycles. The fraction of sp³-hybridized carbons (Fsp3) is 0.150. The van der Waals surface area contributed by atoms with Gasteiger partial charge < -0.3 is 14.5 Å². The number of pyridine rings is 1. The molecule has 136 valence electrons. The van der Waals surface area contributed by atoms with Gasteiger partial charge in [0.15, 0.2) is 17.1 Å². The van der Waals surface area contributed by atoms with Crippen molar-refractivity contribution < 1.29 is 13.9 Å². The maximum absolute atomic E-state index is 12.5. The van der Waals surface area contributed by atoms with Gasteiger partial charge in [-0.05, 0) is 30.3 Å². The molecular weight excluding hydrogens is 344 g/mol. The molecule has 0 aliphatic heterocycles. The minimum absolute atomic E-state index is 0.232. The Labute approximate surface area is 155 Å². The van der Waals surface area contributed by atoms with Crippen LogP contribution >= 0.6 is 0 Å². The summed E-state index contributed by atoms with van der Waals surface area (Å²) in [7, 11) is 3.41. The molecule has 0 radical (unpaired) electrons. The van der Waals surface area contributed by atoms with E-state index in [-0.39, 0.29) is 18.2 Å². The number of benzene rings is 1. The van der Waals surface area contributed by atoms with E-state index >= 15 is 0 Å². The van der Waals surface area contributed by atoms with Crippen LogP contribution in [0, 0.1) is 0 Å². The number of ether oxygens (including phenoxy) is 1. The van der Waals surface area contributed by atoms with Crippen molar-refractivity contribution in [2.24, 2.45) is 7.05 Å². The normalized spacial score (nSPS) is 10.9. The number of rotatable bonds is 5. The average Bonchev–Trinajstić information content (AvgIpc) is 3.30. The molecule has 7 heteroatoms. The standard InChI is InChI=1S/C20H18N4O3/c1-24-16(15-7-3-4-9-21-15)11-14(23-24)12-22-20(25)18-10-13-6-5-8-17(26-2)19(13)27-18/h3-11H,12H2,1-2H3,(H,22,25). The molecule has 1 N–H and O–H groups in total. The third-order valence-corrected chi connectivity index (χ3v) is 4.24. The van der Waals surface area contributed by atoms with Crippen LogP contribution in [0.25, 0.3) is 22.4 Å². The number of amides is 1. The van der Waals surface area contributed by atoms with Crippen molar-refractivity contribution >= 4 is 16.9 Å². The van der Waals surface area contributed by atoms with Gasteiger partial charge in [-0.25, -0.2) is 0 Å². The number of carbonyl (C=O) groups excluding carboxylic acids is 1. The van der Waals surface area contributed by atoms with Crippen molar-refractivity contribution in [2.75, 3.05) is 7.11 Å². The van der Waals surface area contributed by atoms with Crippen LogP contribution in [0.4, 0.5) is 0 Å². The Morgan fingerprint density at radius 3 is 2.89 bits per heavy atom. The van der Waals surface area contributed by atoms with Crippen molar-refractivity contribution in [3.8, 4) is 17.1 Å². The summed E-state index contributed by atoms with van der Waals surface area (Å²) in [5.74, 6) is 0.518. The minimum Gasteiger partial charge on any atom is -0.493 e. The Balaban J connectivity index is 1.50. The van der Waals surface area contributed by atoms with E-state index < -0.39 is 0 Å². The molecule has 0 spiro atoms. The summed E-state index contributed by atoms with van der Waals surface area (Å²) >= 11 is 0. The summed E-state index contributed by atoms with van der Waals surface area (Å²) in [6.45, 7) is 0.285. The van der Waals surface area contributed by atoms with E-state index in [0.717, 1.165) is 22.5 Å². The lowest BCUT2D eigenvalue weighted by Crippen LogP contribution is -2.22. The van der Waals surface area contributed by atoms with Crippen LogP contribution in [0.2, 0.25) is 0 Å². The Morgan fingerprint density at radius 2 is 2.11 bits per heavy atom. The van der Waals surface area contributed by atoms with Crippen molar-refractivity contribution in [2.45, 2.75) is 6.54 Å². The maximum Gasteiger partial charge on any atom is 0.287 e. The summed E-state index contributed by atoms with van der Waals surface area (Å²) in [6, 6.07) is 14.8. The maximum atomic E-state index is 12.5. The molecule has 4 rings (SSSR count). The van der Waals surface area contributed by atoms with E-state index in [9.17, 15) is 4.79 Å². The van der Waals surface area contributed by atoms with E-state index in [2.05, 4.69) is 15.4 Å². The second-order valence-electron chi connectivity index (χ2n) is 6.03. The number of aryl methyl sites for hydroxylation is 1. The number of carbonyl (C=O) groups is 1. The van der Waals surface area contributed by atoms with Gasteiger partial charge in [-0.2, -0.15) is 5.10 Å². The first kappa shape index (κ1) is 16.8. The summed E-state index contributed by atoms with van der Waals surface area (Å²) in [5.41, 5.74) is 3.00. The quantitative estimate of drug-likeness (QED) is 0.590. The van der Waals surface area contributed by atoms with Gasteiger partial charge in [0.05, 0.1) is 30.7 Å². The van der Waals surface area contributed by atoms with Crippen molar-refractivity contribution in [3.63, 3.8) is 0 Å². The van der Waals surface area contributed by atoms with Gasteiger partial charge in [-0.3, -0.25) is 14.5 Å². The Kier molecular flexibility index (Phi) is 4.33. The lowest BCUT2D eigenvalue weighted by Gasteiger charge is -2.00. The van der Waals surface area contributed by atoms with Crippen LogP contribution in [0.5, 0.6) is 5.75 Å². The van der Waals surface area contributed by atoms with Crippen LogP contribution in [-0.2, 0) is 13.6 Å². The zero-order valence-corrected chi connectivity index (χ0v) is 15.0. The molecule has 0 bridgehead atoms. The van der Waals surface area contributed by atoms with E-state index in [1.807, 2.05) is 43.4 Å². The minimum atomic E-state index is -0.307. The summed E-state index contributed by atoms with van der Waals surface area (Å²) in [4.78, 5) is 16.8. The molecule has 0 aliphatic carbocycles. The molecule has 0 fully saturated rings. The number of methoxy groups -OCH3 is 1. The van der Waals surface area contributed by atoms with Gasteiger partial charge in [-0.1, -0.05) is 18.2 Å². The van der Waals surface area contributed by atoms with E-state index in [0.29, 0.717) is 11.3 Å². The molecule has 3 aromatic heterocycles. The molecule has 0 atom stereocenters. The predicted octanol–water partition coefficient (Wildman–Crippen LogP) is 3.17. The van der Waals surface area contributed by atoms with Gasteiger partial charge in [0, 0.05) is 18.6 Å². The number of nitrogens with zero attached hydrogens (tertiary/aromatic N) is 3. The molecule has 27 heavy (non-hydrogen) atoms. The first-order valence-corrected chi connectivity index (χ1v) is 8.45. The monoisotopic (exact) mass is 362 g/mol. The highest BCUT2D eigenvalue weighted by Gasteiger charge is 2.15. The SMILES string of the molecule is COc1cccc2cc(C(=O)NCc3cc(-c4ccccn4)n(C)n3)oc12. The highest BCUT2D eigenvalue weighted by atomic mass is 16.5. The van der Waals surface area contributed by atoms with Crippen molar-refractivity contribution in [1.82, 2.24) is 20.1 Å². The first-order valence-electron chi connectivity index (χ1n) is 8.45. The number of fused-ring (bicyclic) bond motifs is 1. The summed E-state index contributed by atoms with van der Waals surface area (Å²) in [6.07, 6.45) is 1.74. The number of hydrogen-bond donors (Lipinski definition) is 1. The molecular formula is C20H18N4O3. The van der Waals surface area contributed by atoms with Gasteiger partial charge in [-0.15, -0.1) is 0 Å². The van der Waals surface area contributed by atoms with Crippen LogP contribution in [-0.4, -0.2) is 27.8 Å². The fourth-order valence-electron chi connectivity index (χ4n) is 2.93. The second kappa shape index (κ2) is 6.95. The average molecular weight is 362 g/mol. The van der Waals surface area contributed by atoms with Crippen LogP contribution in [0.3, 0.4) is 0 Å². The number of furan rings is 1. The first-order chi connectivity index (χ1) is 13.2. The molecule has 0 unspecified atom stereocenters. The summed E-state index contributed by atoms with van der Waals surface area (Å²) < 4.78 is 12.7. The number of hydrogen-bond acceptors (Lipinski definition) is 5. The molecule has 1 amide bonds. The Hall–Kier alpha value is -3.61. The molecule has 0 saturated heterocycles. The lowest BCUT2D eigenvalue weighted by molar-refractivity contribution is 0.0924. The summed E-state index contributed by atoms with van der Waals surface area (Å²) in [5, 5.41) is 8.08. The molecule has 0 aliphatic rings. The van der Waals surface area contributed by atoms with Crippen LogP contribution in [0.15, 0.2) is 59.1 Å². The number of para-hydroxylation sites is 1. The van der Waals surface area contributed by atoms with Gasteiger partial charge in [0.1, 0.15) is 0 Å². The highest BCUT2D eigenvalue weighted by molar-refractivity contribution is 5.97. The second-order valence-corrected chi connectivity index (χ2v) is 6.03. The zero-order chi connectivity index (χ0) is 18.8. The van der Waals surface area contributed by atoms with Gasteiger partial charge in [0.25, 0.3) is 5.91 Å². The lowest BCUT2D eigenvalue weighted by atomic mass is 10.2. The topological polar surface area (TPSA) is 82.2 Å². The van der Waals surface area contributed by atoms with E-state index in [1.54, 1.807) is 30.1 Å². The third-order valence-electron chi connectivity index (χ3n) is 4.24. The fourth-order valence-corrected chi connectivity index (χ4v) is 2.93. The Morgan fingerprint density at radius 1 is 1.22 bits per heavy atom. The largest absolute Gasteiger partial charge is 0.493 e. The van der Waals surface area contributed by atoms with Crippen LogP contribution < -0.4 is 10.1 Å². The molecule has 4 aromatic rings. The predicted molar refractivity (Wildman–Crippen MR) is 100 cm³/mol. The van der Waals surface area contributed by atoms with Gasteiger partial charge in [0.2, 0.25) is 0 Å². The molecule has 7 nitrogen and oxygen atoms in total. The number of nitrogens with one attached hydrogen (secondary N) is 1. The van der Waals surface area contributed by atoms with Crippen molar-refractivity contribution in [1.29, 1.82) is 0 Å². The molecule has 1 aromatic carbocycles. The van der Waals surface area contributed by atoms with E-state index in [4.69, 9.17) is 9.15 Å². The third kappa shape index (κ3) is 3.27. The Bertz CT molecular complexity index is 1100. The zero-order valence-electron chi connectivity index (χ0n) is 15.0. The van der Waals surface area contributed by atoms with Crippen molar-refractivity contribution in [3.05, 3.63) is 66.2 Å². The smallest absolute Gasteiger partial charge is 0.287 e. The van der Waals surface area contributed by atoms with Crippen LogP contribution in [0.1, 0.15) is 16.2 Å². The highest BCUT2D eigenvalue weighted by Crippen LogP contribution is 2.28. The van der Waals surface area contributed by atoms with E-state index in [1.165, 1.54) is 0 Å².